The summed E-state index contributed by atoms with van der Waals surface area (Å²) in [6.07, 6.45) is 4.02. The summed E-state index contributed by atoms with van der Waals surface area (Å²) in [6.45, 7) is 7.74. The van der Waals surface area contributed by atoms with Gasteiger partial charge in [-0.1, -0.05) is 20.8 Å². The van der Waals surface area contributed by atoms with Crippen LogP contribution in [0.4, 0.5) is 0 Å². The molecular weight excluding hydrogens is 280 g/mol. The highest BCUT2D eigenvalue weighted by Crippen LogP contribution is 2.14. The number of amides is 1. The Morgan fingerprint density at radius 1 is 1.36 bits per heavy atom. The number of hydrogen-bond donors (Lipinski definition) is 2. The van der Waals surface area contributed by atoms with E-state index in [9.17, 15) is 4.79 Å². The Kier molecular flexibility index (Phi) is 5.49. The van der Waals surface area contributed by atoms with Crippen LogP contribution >= 0.6 is 0 Å². The summed E-state index contributed by atoms with van der Waals surface area (Å²) in [6, 6.07) is 1.82. The van der Waals surface area contributed by atoms with Gasteiger partial charge in [-0.3, -0.25) is 4.79 Å². The number of rotatable bonds is 7. The lowest BCUT2D eigenvalue weighted by molar-refractivity contribution is 0.0945. The van der Waals surface area contributed by atoms with Gasteiger partial charge in [0.25, 0.3) is 5.91 Å². The molecule has 0 bridgehead atoms. The molecule has 0 spiro atoms. The van der Waals surface area contributed by atoms with Gasteiger partial charge in [0, 0.05) is 31.3 Å². The molecule has 2 heterocycles. The molecule has 6 heteroatoms. The van der Waals surface area contributed by atoms with Gasteiger partial charge in [0.1, 0.15) is 0 Å². The minimum atomic E-state index is -0.143. The predicted octanol–water partition coefficient (Wildman–Crippen LogP) is 1.84. The summed E-state index contributed by atoms with van der Waals surface area (Å²) in [5, 5.41) is 16.9. The van der Waals surface area contributed by atoms with Gasteiger partial charge in [-0.2, -0.15) is 5.10 Å². The summed E-state index contributed by atoms with van der Waals surface area (Å²) in [7, 11) is 0. The quantitative estimate of drug-likeness (QED) is 0.818. The molecule has 0 saturated heterocycles. The molecule has 6 nitrogen and oxygen atoms in total. The third-order valence-corrected chi connectivity index (χ3v) is 3.51. The van der Waals surface area contributed by atoms with Gasteiger partial charge in [0.05, 0.1) is 11.8 Å². The number of carbonyl (C=O) groups excluding carboxylic acids is 1. The molecule has 0 radical (unpaired) electrons. The molecule has 2 aromatic heterocycles. The van der Waals surface area contributed by atoms with E-state index in [1.807, 2.05) is 17.7 Å². The van der Waals surface area contributed by atoms with E-state index in [0.717, 1.165) is 17.6 Å². The maximum Gasteiger partial charge on any atom is 0.252 e. The lowest BCUT2D eigenvalue weighted by Gasteiger charge is -2.11. The van der Waals surface area contributed by atoms with E-state index in [1.165, 1.54) is 0 Å². The van der Waals surface area contributed by atoms with Crippen LogP contribution < -0.4 is 5.32 Å². The summed E-state index contributed by atoms with van der Waals surface area (Å²) in [5.74, 6) is 0.594. The van der Waals surface area contributed by atoms with E-state index in [0.29, 0.717) is 24.4 Å². The third kappa shape index (κ3) is 4.04. The highest BCUT2D eigenvalue weighted by Gasteiger charge is 2.12. The highest BCUT2D eigenvalue weighted by molar-refractivity contribution is 5.96. The number of fused-ring (bicyclic) bond motifs is 1. The number of hydrogen-bond acceptors (Lipinski definition) is 4. The standard InChI is InChI=1S/C16H24N4O2/c1-11(2)10-20-15-13(9-19-20)6-14(8-17-15)16(22)18-7-12(3)4-5-21/h6,8-9,11-12,21H,4-5,7,10H2,1-3H3,(H,18,22). The average molecular weight is 304 g/mol. The molecule has 120 valence electrons. The molecule has 0 fully saturated rings. The van der Waals surface area contributed by atoms with Crippen LogP contribution in [-0.4, -0.2) is 38.9 Å². The lowest BCUT2D eigenvalue weighted by Crippen LogP contribution is -2.28. The highest BCUT2D eigenvalue weighted by atomic mass is 16.3. The first kappa shape index (κ1) is 16.4. The molecule has 22 heavy (non-hydrogen) atoms. The molecule has 2 aromatic rings. The van der Waals surface area contributed by atoms with Crippen molar-refractivity contribution < 1.29 is 9.90 Å². The van der Waals surface area contributed by atoms with Crippen LogP contribution in [0, 0.1) is 11.8 Å². The van der Waals surface area contributed by atoms with Gasteiger partial charge in [0.15, 0.2) is 5.65 Å². The fourth-order valence-electron chi connectivity index (χ4n) is 2.27. The molecule has 0 aromatic carbocycles. The van der Waals surface area contributed by atoms with Crippen molar-refractivity contribution >= 4 is 16.9 Å². The van der Waals surface area contributed by atoms with E-state index in [1.54, 1.807) is 12.4 Å². The van der Waals surface area contributed by atoms with Gasteiger partial charge < -0.3 is 10.4 Å². The lowest BCUT2D eigenvalue weighted by atomic mass is 10.1. The summed E-state index contributed by atoms with van der Waals surface area (Å²) >= 11 is 0. The van der Waals surface area contributed by atoms with Crippen molar-refractivity contribution in [2.75, 3.05) is 13.2 Å². The summed E-state index contributed by atoms with van der Waals surface area (Å²) in [5.41, 5.74) is 1.34. The van der Waals surface area contributed by atoms with E-state index < -0.39 is 0 Å². The van der Waals surface area contributed by atoms with Crippen molar-refractivity contribution in [2.24, 2.45) is 11.8 Å². The molecular formula is C16H24N4O2. The van der Waals surface area contributed by atoms with Crippen LogP contribution in [0.1, 0.15) is 37.6 Å². The van der Waals surface area contributed by atoms with E-state index >= 15 is 0 Å². The fraction of sp³-hybridized carbons (Fsp3) is 0.562. The SMILES string of the molecule is CC(C)Cn1ncc2cc(C(=O)NCC(C)CCO)cnc21. The van der Waals surface area contributed by atoms with Crippen LogP contribution in [0.3, 0.4) is 0 Å². The second kappa shape index (κ2) is 7.35. The van der Waals surface area contributed by atoms with Crippen LogP contribution in [0.5, 0.6) is 0 Å². The molecule has 0 aliphatic heterocycles. The first-order valence-corrected chi connectivity index (χ1v) is 7.72. The van der Waals surface area contributed by atoms with Crippen molar-refractivity contribution in [1.29, 1.82) is 0 Å². The number of pyridine rings is 1. The normalized spacial score (nSPS) is 12.8. The molecule has 1 atom stereocenters. The number of nitrogens with zero attached hydrogens (tertiary/aromatic N) is 3. The van der Waals surface area contributed by atoms with Crippen molar-refractivity contribution in [3.05, 3.63) is 24.0 Å². The Hall–Kier alpha value is -1.95. The Balaban J connectivity index is 2.07. The second-order valence-corrected chi connectivity index (χ2v) is 6.18. The average Bonchev–Trinajstić information content (AvgIpc) is 2.86. The Labute approximate surface area is 130 Å². The molecule has 0 aliphatic carbocycles. The zero-order valence-corrected chi connectivity index (χ0v) is 13.4. The van der Waals surface area contributed by atoms with Crippen LogP contribution in [0.15, 0.2) is 18.5 Å². The van der Waals surface area contributed by atoms with Crippen molar-refractivity contribution in [3.8, 4) is 0 Å². The number of aliphatic hydroxyl groups excluding tert-OH is 1. The zero-order valence-electron chi connectivity index (χ0n) is 13.4. The zero-order chi connectivity index (χ0) is 16.1. The summed E-state index contributed by atoms with van der Waals surface area (Å²) in [4.78, 5) is 16.5. The Bertz CT molecular complexity index is 636. The Morgan fingerprint density at radius 3 is 2.82 bits per heavy atom. The molecule has 0 saturated carbocycles. The maximum atomic E-state index is 12.1. The Morgan fingerprint density at radius 2 is 2.14 bits per heavy atom. The molecule has 0 aliphatic rings. The second-order valence-electron chi connectivity index (χ2n) is 6.18. The van der Waals surface area contributed by atoms with Crippen molar-refractivity contribution in [3.63, 3.8) is 0 Å². The summed E-state index contributed by atoms with van der Waals surface area (Å²) < 4.78 is 1.87. The van der Waals surface area contributed by atoms with E-state index in [2.05, 4.69) is 29.2 Å². The maximum absolute atomic E-state index is 12.1. The first-order chi connectivity index (χ1) is 10.5. The third-order valence-electron chi connectivity index (χ3n) is 3.51. The molecule has 2 N–H and O–H groups in total. The molecule has 1 unspecified atom stereocenters. The number of nitrogens with one attached hydrogen (secondary N) is 1. The number of aromatic nitrogens is 3. The van der Waals surface area contributed by atoms with Crippen molar-refractivity contribution in [2.45, 2.75) is 33.7 Å². The van der Waals surface area contributed by atoms with Crippen molar-refractivity contribution in [1.82, 2.24) is 20.1 Å². The van der Waals surface area contributed by atoms with Crippen LogP contribution in [0.2, 0.25) is 0 Å². The van der Waals surface area contributed by atoms with Gasteiger partial charge in [-0.25, -0.2) is 9.67 Å². The monoisotopic (exact) mass is 304 g/mol. The largest absolute Gasteiger partial charge is 0.396 e. The van der Waals surface area contributed by atoms with E-state index in [4.69, 9.17) is 5.11 Å². The minimum absolute atomic E-state index is 0.138. The van der Waals surface area contributed by atoms with Gasteiger partial charge in [0.2, 0.25) is 0 Å². The number of aliphatic hydroxyl groups is 1. The minimum Gasteiger partial charge on any atom is -0.396 e. The van der Waals surface area contributed by atoms with Gasteiger partial charge in [-0.05, 0) is 24.3 Å². The van der Waals surface area contributed by atoms with Gasteiger partial charge >= 0.3 is 0 Å². The molecule has 2 rings (SSSR count). The number of carbonyl (C=O) groups is 1. The van der Waals surface area contributed by atoms with E-state index in [-0.39, 0.29) is 18.4 Å². The first-order valence-electron chi connectivity index (χ1n) is 7.72. The van der Waals surface area contributed by atoms with Crippen LogP contribution in [0.25, 0.3) is 11.0 Å². The predicted molar refractivity (Wildman–Crippen MR) is 85.6 cm³/mol. The van der Waals surface area contributed by atoms with Crippen LogP contribution in [-0.2, 0) is 6.54 Å². The molecule has 1 amide bonds. The smallest absolute Gasteiger partial charge is 0.252 e. The van der Waals surface area contributed by atoms with Gasteiger partial charge in [-0.15, -0.1) is 0 Å². The fourth-order valence-corrected chi connectivity index (χ4v) is 2.27. The topological polar surface area (TPSA) is 80.0 Å².